The number of guanidine groups is 1. The van der Waals surface area contributed by atoms with Crippen LogP contribution in [0.5, 0.6) is 0 Å². The molecule has 0 spiro atoms. The van der Waals surface area contributed by atoms with Gasteiger partial charge < -0.3 is 15.1 Å². The molecule has 0 aliphatic rings. The van der Waals surface area contributed by atoms with E-state index in [1.54, 1.807) is 6.26 Å². The SMILES string of the molecule is CCNC(=NCc1coc(-c2ccc(C)cc2)n1)NCC. The molecule has 1 heterocycles. The third-order valence-electron chi connectivity index (χ3n) is 2.94. The molecule has 0 aliphatic heterocycles. The van der Waals surface area contributed by atoms with Crippen molar-refractivity contribution in [3.05, 3.63) is 41.8 Å². The lowest BCUT2D eigenvalue weighted by Crippen LogP contribution is -2.36. The monoisotopic (exact) mass is 286 g/mol. The molecule has 0 saturated heterocycles. The Morgan fingerprint density at radius 2 is 1.81 bits per heavy atom. The lowest BCUT2D eigenvalue weighted by Gasteiger charge is -2.08. The van der Waals surface area contributed by atoms with Crippen LogP contribution in [-0.2, 0) is 6.54 Å². The minimum atomic E-state index is 0.491. The topological polar surface area (TPSA) is 62.5 Å². The first kappa shape index (κ1) is 15.1. The van der Waals surface area contributed by atoms with Crippen molar-refractivity contribution in [2.45, 2.75) is 27.3 Å². The van der Waals surface area contributed by atoms with E-state index in [1.165, 1.54) is 5.56 Å². The van der Waals surface area contributed by atoms with Gasteiger partial charge in [0, 0.05) is 18.7 Å². The maximum absolute atomic E-state index is 5.52. The van der Waals surface area contributed by atoms with Gasteiger partial charge in [0.2, 0.25) is 5.89 Å². The third-order valence-corrected chi connectivity index (χ3v) is 2.94. The Hall–Kier alpha value is -2.30. The summed E-state index contributed by atoms with van der Waals surface area (Å²) in [5.41, 5.74) is 3.02. The molecule has 0 atom stereocenters. The number of benzene rings is 1. The summed E-state index contributed by atoms with van der Waals surface area (Å²) in [6.07, 6.45) is 1.66. The highest BCUT2D eigenvalue weighted by atomic mass is 16.3. The lowest BCUT2D eigenvalue weighted by molar-refractivity contribution is 0.572. The first-order valence-electron chi connectivity index (χ1n) is 7.26. The molecule has 0 aliphatic carbocycles. The number of hydrogen-bond acceptors (Lipinski definition) is 3. The van der Waals surface area contributed by atoms with E-state index in [1.807, 2.05) is 38.1 Å². The van der Waals surface area contributed by atoms with Crippen LogP contribution in [0.25, 0.3) is 11.5 Å². The second-order valence-electron chi connectivity index (χ2n) is 4.74. The van der Waals surface area contributed by atoms with Gasteiger partial charge in [-0.1, -0.05) is 17.7 Å². The highest BCUT2D eigenvalue weighted by molar-refractivity contribution is 5.79. The van der Waals surface area contributed by atoms with Crippen LogP contribution in [0.3, 0.4) is 0 Å². The molecule has 1 aromatic heterocycles. The normalized spacial score (nSPS) is 10.2. The van der Waals surface area contributed by atoms with Crippen molar-refractivity contribution in [3.63, 3.8) is 0 Å². The van der Waals surface area contributed by atoms with Crippen LogP contribution >= 0.6 is 0 Å². The van der Waals surface area contributed by atoms with E-state index in [9.17, 15) is 0 Å². The number of rotatable bonds is 5. The minimum Gasteiger partial charge on any atom is -0.444 e. The van der Waals surface area contributed by atoms with E-state index in [0.29, 0.717) is 12.4 Å². The average molecular weight is 286 g/mol. The Bertz CT molecular complexity index is 579. The van der Waals surface area contributed by atoms with E-state index < -0.39 is 0 Å². The van der Waals surface area contributed by atoms with E-state index in [2.05, 4.69) is 27.5 Å². The van der Waals surface area contributed by atoms with Crippen molar-refractivity contribution in [2.24, 2.45) is 4.99 Å². The molecule has 5 nitrogen and oxygen atoms in total. The van der Waals surface area contributed by atoms with E-state index >= 15 is 0 Å². The van der Waals surface area contributed by atoms with Gasteiger partial charge in [-0.05, 0) is 32.9 Å². The first-order valence-corrected chi connectivity index (χ1v) is 7.26. The summed E-state index contributed by atoms with van der Waals surface area (Å²) >= 11 is 0. The van der Waals surface area contributed by atoms with Gasteiger partial charge in [0.05, 0.1) is 6.54 Å². The van der Waals surface area contributed by atoms with Crippen LogP contribution in [0.15, 0.2) is 39.9 Å². The summed E-state index contributed by atoms with van der Waals surface area (Å²) in [6.45, 7) is 8.29. The molecule has 2 N–H and O–H groups in total. The van der Waals surface area contributed by atoms with Crippen LogP contribution in [0, 0.1) is 6.92 Å². The van der Waals surface area contributed by atoms with Gasteiger partial charge in [-0.15, -0.1) is 0 Å². The smallest absolute Gasteiger partial charge is 0.226 e. The number of nitrogens with one attached hydrogen (secondary N) is 2. The molecule has 1 aromatic carbocycles. The second-order valence-corrected chi connectivity index (χ2v) is 4.74. The molecule has 2 aromatic rings. The predicted octanol–water partition coefficient (Wildman–Crippen LogP) is 2.73. The van der Waals surface area contributed by atoms with Crippen LogP contribution in [0.2, 0.25) is 0 Å². The minimum absolute atomic E-state index is 0.491. The Labute approximate surface area is 125 Å². The van der Waals surface area contributed by atoms with Crippen molar-refractivity contribution in [3.8, 4) is 11.5 Å². The van der Waals surface area contributed by atoms with Crippen LogP contribution in [-0.4, -0.2) is 24.0 Å². The van der Waals surface area contributed by atoms with Gasteiger partial charge in [-0.25, -0.2) is 9.98 Å². The van der Waals surface area contributed by atoms with Crippen LogP contribution < -0.4 is 10.6 Å². The molecular formula is C16H22N4O. The van der Waals surface area contributed by atoms with Gasteiger partial charge in [-0.3, -0.25) is 0 Å². The van der Waals surface area contributed by atoms with Gasteiger partial charge in [0.1, 0.15) is 12.0 Å². The fourth-order valence-electron chi connectivity index (χ4n) is 1.88. The fraction of sp³-hybridized carbons (Fsp3) is 0.375. The van der Waals surface area contributed by atoms with Crippen molar-refractivity contribution in [1.82, 2.24) is 15.6 Å². The Morgan fingerprint density at radius 1 is 1.14 bits per heavy atom. The molecule has 0 fully saturated rings. The third kappa shape index (κ3) is 4.34. The van der Waals surface area contributed by atoms with Crippen molar-refractivity contribution >= 4 is 5.96 Å². The highest BCUT2D eigenvalue weighted by Crippen LogP contribution is 2.19. The Kier molecular flexibility index (Phi) is 5.37. The number of aryl methyl sites for hydroxylation is 1. The summed E-state index contributed by atoms with van der Waals surface area (Å²) in [7, 11) is 0. The molecule has 5 heteroatoms. The molecule has 0 radical (unpaired) electrons. The van der Waals surface area contributed by atoms with E-state index in [4.69, 9.17) is 4.42 Å². The lowest BCUT2D eigenvalue weighted by atomic mass is 10.1. The van der Waals surface area contributed by atoms with Crippen LogP contribution in [0.1, 0.15) is 25.1 Å². The number of hydrogen-bond donors (Lipinski definition) is 2. The highest BCUT2D eigenvalue weighted by Gasteiger charge is 2.06. The van der Waals surface area contributed by atoms with Crippen molar-refractivity contribution in [1.29, 1.82) is 0 Å². The standard InChI is InChI=1S/C16H22N4O/c1-4-17-16(18-5-2)19-10-14-11-21-15(20-14)13-8-6-12(3)7-9-13/h6-9,11H,4-5,10H2,1-3H3,(H2,17,18,19). The van der Waals surface area contributed by atoms with E-state index in [0.717, 1.165) is 30.3 Å². The number of nitrogens with zero attached hydrogens (tertiary/aromatic N) is 2. The quantitative estimate of drug-likeness (QED) is 0.655. The fourth-order valence-corrected chi connectivity index (χ4v) is 1.88. The zero-order valence-corrected chi connectivity index (χ0v) is 12.8. The van der Waals surface area contributed by atoms with Crippen molar-refractivity contribution in [2.75, 3.05) is 13.1 Å². The van der Waals surface area contributed by atoms with E-state index in [-0.39, 0.29) is 0 Å². The first-order chi connectivity index (χ1) is 10.2. The van der Waals surface area contributed by atoms with Gasteiger partial charge >= 0.3 is 0 Å². The molecule has 0 amide bonds. The van der Waals surface area contributed by atoms with Crippen molar-refractivity contribution < 1.29 is 4.42 Å². The molecule has 0 bridgehead atoms. The summed E-state index contributed by atoms with van der Waals surface area (Å²) < 4.78 is 5.52. The number of aromatic nitrogens is 1. The zero-order valence-electron chi connectivity index (χ0n) is 12.8. The number of oxazole rings is 1. The zero-order chi connectivity index (χ0) is 15.1. The summed E-state index contributed by atoms with van der Waals surface area (Å²) in [4.78, 5) is 8.94. The Morgan fingerprint density at radius 3 is 2.43 bits per heavy atom. The van der Waals surface area contributed by atoms with Gasteiger partial charge in [0.25, 0.3) is 0 Å². The van der Waals surface area contributed by atoms with Gasteiger partial charge in [0.15, 0.2) is 5.96 Å². The molecule has 0 saturated carbocycles. The maximum Gasteiger partial charge on any atom is 0.226 e. The molecule has 2 rings (SSSR count). The molecule has 112 valence electrons. The van der Waals surface area contributed by atoms with Crippen LogP contribution in [0.4, 0.5) is 0 Å². The molecule has 0 unspecified atom stereocenters. The molecule has 21 heavy (non-hydrogen) atoms. The second kappa shape index (κ2) is 7.47. The molecular weight excluding hydrogens is 264 g/mol. The van der Waals surface area contributed by atoms with Gasteiger partial charge in [-0.2, -0.15) is 0 Å². The summed E-state index contributed by atoms with van der Waals surface area (Å²) in [5.74, 6) is 1.42. The predicted molar refractivity (Wildman–Crippen MR) is 85.2 cm³/mol. The average Bonchev–Trinajstić information content (AvgIpc) is 2.95. The summed E-state index contributed by atoms with van der Waals surface area (Å²) in [5, 5.41) is 6.36. The largest absolute Gasteiger partial charge is 0.444 e. The number of aliphatic imine (C=N–C) groups is 1. The summed E-state index contributed by atoms with van der Waals surface area (Å²) in [6, 6.07) is 8.12. The Balaban J connectivity index is 2.05. The maximum atomic E-state index is 5.52.